The number of benzene rings is 2. The Kier molecular flexibility index (Phi) is 7.22. The van der Waals surface area contributed by atoms with E-state index in [-0.39, 0.29) is 5.91 Å². The summed E-state index contributed by atoms with van der Waals surface area (Å²) >= 11 is 5.46. The van der Waals surface area contributed by atoms with Crippen LogP contribution in [0.5, 0.6) is 5.75 Å². The van der Waals surface area contributed by atoms with Gasteiger partial charge in [0.1, 0.15) is 5.75 Å². The highest BCUT2D eigenvalue weighted by atomic mass is 32.1. The number of hydrogen-bond acceptors (Lipinski definition) is 6. The predicted octanol–water partition coefficient (Wildman–Crippen LogP) is 3.45. The molecule has 0 saturated carbocycles. The van der Waals surface area contributed by atoms with Crippen LogP contribution in [0, 0.1) is 18.6 Å². The number of aromatic nitrogens is 3. The number of methoxy groups -OCH3 is 1. The molecule has 8 nitrogen and oxygen atoms in total. The van der Waals surface area contributed by atoms with E-state index in [9.17, 15) is 4.79 Å². The summed E-state index contributed by atoms with van der Waals surface area (Å²) in [5.74, 6) is 1.57. The SMILES string of the molecule is COc1ccc(-c2nc(=S)n(CN3CCN(CC(=O)Nc4c(C)cccc4C)CC3)[nH]2)cc1. The molecule has 1 fully saturated rings. The average molecular weight is 467 g/mol. The zero-order valence-electron chi connectivity index (χ0n) is 19.3. The van der Waals surface area contributed by atoms with E-state index in [1.807, 2.05) is 61.0 Å². The molecule has 3 aromatic rings. The number of piperazine rings is 1. The van der Waals surface area contributed by atoms with Gasteiger partial charge in [-0.2, -0.15) is 4.98 Å². The van der Waals surface area contributed by atoms with Crippen molar-refractivity contribution >= 4 is 23.8 Å². The van der Waals surface area contributed by atoms with E-state index in [4.69, 9.17) is 17.0 Å². The Labute approximate surface area is 199 Å². The summed E-state index contributed by atoms with van der Waals surface area (Å²) in [5.41, 5.74) is 4.04. The largest absolute Gasteiger partial charge is 0.497 e. The van der Waals surface area contributed by atoms with Crippen LogP contribution in [-0.4, -0.2) is 70.3 Å². The lowest BCUT2D eigenvalue weighted by Gasteiger charge is -2.34. The molecular formula is C24H30N6O2S. The maximum Gasteiger partial charge on any atom is 0.238 e. The van der Waals surface area contributed by atoms with E-state index < -0.39 is 0 Å². The molecule has 1 aliphatic rings. The number of carbonyl (C=O) groups excluding carboxylic acids is 1. The monoisotopic (exact) mass is 466 g/mol. The molecule has 1 aliphatic heterocycles. The Bertz CT molecular complexity index is 1140. The highest BCUT2D eigenvalue weighted by Crippen LogP contribution is 2.20. The minimum Gasteiger partial charge on any atom is -0.497 e. The molecule has 1 saturated heterocycles. The third-order valence-electron chi connectivity index (χ3n) is 5.96. The lowest BCUT2D eigenvalue weighted by atomic mass is 10.1. The van der Waals surface area contributed by atoms with Crippen LogP contribution in [-0.2, 0) is 11.5 Å². The van der Waals surface area contributed by atoms with Crippen molar-refractivity contribution in [3.05, 3.63) is 58.4 Å². The van der Waals surface area contributed by atoms with E-state index >= 15 is 0 Å². The Morgan fingerprint density at radius 3 is 2.33 bits per heavy atom. The summed E-state index contributed by atoms with van der Waals surface area (Å²) < 4.78 is 7.63. The molecule has 174 valence electrons. The van der Waals surface area contributed by atoms with Crippen molar-refractivity contribution in [1.82, 2.24) is 24.6 Å². The second kappa shape index (κ2) is 10.3. The van der Waals surface area contributed by atoms with Crippen molar-refractivity contribution in [2.24, 2.45) is 0 Å². The van der Waals surface area contributed by atoms with E-state index in [1.54, 1.807) is 7.11 Å². The molecule has 1 aromatic heterocycles. The van der Waals surface area contributed by atoms with E-state index in [0.717, 1.165) is 60.1 Å². The fourth-order valence-electron chi connectivity index (χ4n) is 4.01. The molecular weight excluding hydrogens is 436 g/mol. The Hall–Kier alpha value is -3.01. The normalized spacial score (nSPS) is 14.9. The van der Waals surface area contributed by atoms with Crippen molar-refractivity contribution in [2.45, 2.75) is 20.5 Å². The summed E-state index contributed by atoms with van der Waals surface area (Å²) in [6, 6.07) is 13.8. The van der Waals surface area contributed by atoms with Gasteiger partial charge in [-0.15, -0.1) is 0 Å². The van der Waals surface area contributed by atoms with Crippen molar-refractivity contribution in [3.63, 3.8) is 0 Å². The number of nitrogens with one attached hydrogen (secondary N) is 2. The van der Waals surface area contributed by atoms with Gasteiger partial charge in [-0.25, -0.2) is 4.68 Å². The van der Waals surface area contributed by atoms with Crippen LogP contribution in [0.25, 0.3) is 11.4 Å². The van der Waals surface area contributed by atoms with Gasteiger partial charge in [0.2, 0.25) is 10.7 Å². The van der Waals surface area contributed by atoms with Gasteiger partial charge in [0, 0.05) is 37.4 Å². The van der Waals surface area contributed by atoms with Crippen molar-refractivity contribution in [1.29, 1.82) is 0 Å². The number of aromatic amines is 1. The molecule has 0 radical (unpaired) electrons. The fraction of sp³-hybridized carbons (Fsp3) is 0.375. The van der Waals surface area contributed by atoms with Gasteiger partial charge in [-0.1, -0.05) is 18.2 Å². The van der Waals surface area contributed by atoms with E-state index in [1.165, 1.54) is 0 Å². The molecule has 0 aliphatic carbocycles. The molecule has 4 rings (SSSR count). The number of carbonyl (C=O) groups is 1. The molecule has 33 heavy (non-hydrogen) atoms. The topological polar surface area (TPSA) is 78.4 Å². The van der Waals surface area contributed by atoms with Gasteiger partial charge in [0.25, 0.3) is 0 Å². The first-order valence-corrected chi connectivity index (χ1v) is 11.5. The summed E-state index contributed by atoms with van der Waals surface area (Å²) in [6.45, 7) is 8.44. The van der Waals surface area contributed by atoms with Crippen LogP contribution in [0.2, 0.25) is 0 Å². The lowest BCUT2D eigenvalue weighted by Crippen LogP contribution is -2.49. The third kappa shape index (κ3) is 5.68. The quantitative estimate of drug-likeness (QED) is 0.520. The first-order valence-electron chi connectivity index (χ1n) is 11.0. The van der Waals surface area contributed by atoms with Crippen LogP contribution < -0.4 is 10.1 Å². The highest BCUT2D eigenvalue weighted by molar-refractivity contribution is 7.71. The van der Waals surface area contributed by atoms with E-state index in [0.29, 0.717) is 18.0 Å². The van der Waals surface area contributed by atoms with Crippen molar-refractivity contribution < 1.29 is 9.53 Å². The molecule has 0 bridgehead atoms. The second-order valence-corrected chi connectivity index (χ2v) is 8.73. The summed E-state index contributed by atoms with van der Waals surface area (Å²) in [5, 5.41) is 6.38. The van der Waals surface area contributed by atoms with Crippen molar-refractivity contribution in [2.75, 3.05) is 45.2 Å². The number of hydrogen-bond donors (Lipinski definition) is 2. The number of aryl methyl sites for hydroxylation is 2. The van der Waals surface area contributed by atoms with Gasteiger partial charge < -0.3 is 10.1 Å². The molecule has 1 amide bonds. The van der Waals surface area contributed by atoms with Crippen LogP contribution in [0.3, 0.4) is 0 Å². The molecule has 0 spiro atoms. The fourth-order valence-corrected chi connectivity index (χ4v) is 4.21. The minimum absolute atomic E-state index is 0.0285. The number of ether oxygens (including phenoxy) is 1. The van der Waals surface area contributed by atoms with Gasteiger partial charge in [0.05, 0.1) is 20.3 Å². The highest BCUT2D eigenvalue weighted by Gasteiger charge is 2.20. The second-order valence-electron chi connectivity index (χ2n) is 8.36. The number of anilines is 1. The first kappa shape index (κ1) is 23.2. The third-order valence-corrected chi connectivity index (χ3v) is 6.27. The number of para-hydroxylation sites is 1. The van der Waals surface area contributed by atoms with Crippen LogP contribution in [0.15, 0.2) is 42.5 Å². The summed E-state index contributed by atoms with van der Waals surface area (Å²) in [4.78, 5) is 21.6. The van der Waals surface area contributed by atoms with Crippen LogP contribution >= 0.6 is 12.2 Å². The average Bonchev–Trinajstić information content (AvgIpc) is 3.18. The van der Waals surface area contributed by atoms with Crippen molar-refractivity contribution in [3.8, 4) is 17.1 Å². The number of amides is 1. The first-order chi connectivity index (χ1) is 15.9. The number of rotatable bonds is 7. The lowest BCUT2D eigenvalue weighted by molar-refractivity contribution is -0.117. The number of H-pyrrole nitrogens is 1. The van der Waals surface area contributed by atoms with Gasteiger partial charge in [0.15, 0.2) is 5.82 Å². The standard InChI is InChI=1S/C24H30N6O2S/c1-17-5-4-6-18(2)22(17)25-21(31)15-28-11-13-29(14-12-28)16-30-24(33)26-23(27-30)19-7-9-20(32-3)10-8-19/h4-10H,11-16H2,1-3H3,(H,25,31)(H,26,27,33). The number of nitrogens with zero attached hydrogens (tertiary/aromatic N) is 4. The zero-order chi connectivity index (χ0) is 23.4. The summed E-state index contributed by atoms with van der Waals surface area (Å²) in [7, 11) is 1.65. The molecule has 2 N–H and O–H groups in total. The Morgan fingerprint density at radius 1 is 1.06 bits per heavy atom. The summed E-state index contributed by atoms with van der Waals surface area (Å²) in [6.07, 6.45) is 0. The predicted molar refractivity (Wildman–Crippen MR) is 132 cm³/mol. The smallest absolute Gasteiger partial charge is 0.238 e. The van der Waals surface area contributed by atoms with Crippen LogP contribution in [0.1, 0.15) is 11.1 Å². The molecule has 0 atom stereocenters. The van der Waals surface area contributed by atoms with Gasteiger partial charge in [-0.05, 0) is 61.5 Å². The molecule has 9 heteroatoms. The van der Waals surface area contributed by atoms with Crippen LogP contribution in [0.4, 0.5) is 5.69 Å². The van der Waals surface area contributed by atoms with E-state index in [2.05, 4.69) is 25.2 Å². The van der Waals surface area contributed by atoms with Gasteiger partial charge >= 0.3 is 0 Å². The Morgan fingerprint density at radius 2 is 1.70 bits per heavy atom. The maximum atomic E-state index is 12.6. The molecule has 0 unspecified atom stereocenters. The molecule has 2 aromatic carbocycles. The Balaban J connectivity index is 1.29. The minimum atomic E-state index is 0.0285. The maximum absolute atomic E-state index is 12.6. The molecule has 2 heterocycles. The van der Waals surface area contributed by atoms with Gasteiger partial charge in [-0.3, -0.25) is 19.7 Å². The zero-order valence-corrected chi connectivity index (χ0v) is 20.1.